The Balaban J connectivity index is 2.64. The van der Waals surface area contributed by atoms with Gasteiger partial charge in [-0.15, -0.1) is 0 Å². The molecule has 0 radical (unpaired) electrons. The van der Waals surface area contributed by atoms with E-state index in [1.807, 2.05) is 0 Å². The first-order valence-electron chi connectivity index (χ1n) is 2.26. The van der Waals surface area contributed by atoms with Gasteiger partial charge in [-0.2, -0.15) is 0 Å². The van der Waals surface area contributed by atoms with Crippen molar-refractivity contribution < 1.29 is 4.74 Å². The SMILES string of the molecule is CC1(C(Cl)(Cl)Cl)OC1Br. The van der Waals surface area contributed by atoms with Crippen molar-refractivity contribution in [3.05, 3.63) is 0 Å². The Kier molecular flexibility index (Phi) is 2.00. The van der Waals surface area contributed by atoms with E-state index in [0.717, 1.165) is 0 Å². The van der Waals surface area contributed by atoms with Gasteiger partial charge in [0.1, 0.15) is 10.6 Å². The molecule has 0 aliphatic carbocycles. The highest BCUT2D eigenvalue weighted by Crippen LogP contribution is 2.55. The summed E-state index contributed by atoms with van der Waals surface area (Å²) in [5.41, 5.74) is -0.641. The quantitative estimate of drug-likeness (QED) is 0.478. The van der Waals surface area contributed by atoms with Crippen molar-refractivity contribution in [2.75, 3.05) is 0 Å². The fourth-order valence-corrected chi connectivity index (χ4v) is 1.93. The molecule has 0 saturated carbocycles. The third-order valence-electron chi connectivity index (χ3n) is 1.29. The summed E-state index contributed by atoms with van der Waals surface area (Å²) in [5.74, 6) is 0. The number of hydrogen-bond acceptors (Lipinski definition) is 1. The first-order chi connectivity index (χ1) is 3.88. The maximum absolute atomic E-state index is 5.54. The molecule has 0 bridgehead atoms. The van der Waals surface area contributed by atoms with Crippen LogP contribution in [0.1, 0.15) is 6.92 Å². The highest BCUT2D eigenvalue weighted by atomic mass is 79.9. The molecule has 2 unspecified atom stereocenters. The highest BCUT2D eigenvalue weighted by Gasteiger charge is 2.64. The van der Waals surface area contributed by atoms with Gasteiger partial charge in [-0.25, -0.2) is 0 Å². The minimum absolute atomic E-state index is 0.127. The molecule has 1 rings (SSSR count). The number of ether oxygens (including phenoxy) is 1. The fourth-order valence-electron chi connectivity index (χ4n) is 0.376. The lowest BCUT2D eigenvalue weighted by atomic mass is 10.2. The van der Waals surface area contributed by atoms with Crippen molar-refractivity contribution in [2.24, 2.45) is 0 Å². The Labute approximate surface area is 76.7 Å². The third kappa shape index (κ3) is 1.33. The van der Waals surface area contributed by atoms with Crippen LogP contribution in [0.2, 0.25) is 0 Å². The molecule has 1 aliphatic rings. The molecule has 9 heavy (non-hydrogen) atoms. The molecule has 0 aromatic carbocycles. The summed E-state index contributed by atoms with van der Waals surface area (Å²) in [6.07, 6.45) is 0. The number of rotatable bonds is 0. The van der Waals surface area contributed by atoms with Crippen LogP contribution in [0.3, 0.4) is 0 Å². The van der Waals surface area contributed by atoms with Crippen molar-refractivity contribution in [3.63, 3.8) is 0 Å². The Bertz CT molecular complexity index is 134. The average molecular weight is 254 g/mol. The van der Waals surface area contributed by atoms with Crippen molar-refractivity contribution in [1.82, 2.24) is 0 Å². The van der Waals surface area contributed by atoms with Crippen molar-refractivity contribution in [2.45, 2.75) is 21.3 Å². The fraction of sp³-hybridized carbons (Fsp3) is 1.00. The maximum Gasteiger partial charge on any atom is 0.222 e. The van der Waals surface area contributed by atoms with Crippen LogP contribution >= 0.6 is 50.7 Å². The first kappa shape index (κ1) is 8.41. The lowest BCUT2D eigenvalue weighted by molar-refractivity contribution is 0.324. The van der Waals surface area contributed by atoms with E-state index in [9.17, 15) is 0 Å². The molecule has 1 heterocycles. The van der Waals surface area contributed by atoms with Crippen LogP contribution in [-0.4, -0.2) is 14.4 Å². The second-order valence-corrected chi connectivity index (χ2v) is 5.15. The van der Waals surface area contributed by atoms with Gasteiger partial charge in [0.05, 0.1) is 0 Å². The summed E-state index contributed by atoms with van der Waals surface area (Å²) in [7, 11) is 0. The van der Waals surface area contributed by atoms with Gasteiger partial charge in [0.2, 0.25) is 3.79 Å². The van der Waals surface area contributed by atoms with Crippen LogP contribution in [0.15, 0.2) is 0 Å². The highest BCUT2D eigenvalue weighted by molar-refractivity contribution is 9.09. The van der Waals surface area contributed by atoms with Gasteiger partial charge in [-0.3, -0.25) is 0 Å². The minimum atomic E-state index is -1.33. The summed E-state index contributed by atoms with van der Waals surface area (Å²) < 4.78 is 3.66. The lowest BCUT2D eigenvalue weighted by Crippen LogP contribution is -2.26. The summed E-state index contributed by atoms with van der Waals surface area (Å²) in [6, 6.07) is 0. The summed E-state index contributed by atoms with van der Waals surface area (Å²) >= 11 is 19.8. The van der Waals surface area contributed by atoms with Crippen LogP contribution in [-0.2, 0) is 4.74 Å². The number of halogens is 4. The van der Waals surface area contributed by atoms with Gasteiger partial charge in [0.25, 0.3) is 0 Å². The Morgan fingerprint density at radius 3 is 1.89 bits per heavy atom. The normalized spacial score (nSPS) is 43.0. The summed E-state index contributed by atoms with van der Waals surface area (Å²) in [4.78, 5) is 0. The van der Waals surface area contributed by atoms with E-state index in [0.29, 0.717) is 0 Å². The van der Waals surface area contributed by atoms with Crippen molar-refractivity contribution in [3.8, 4) is 0 Å². The first-order valence-corrected chi connectivity index (χ1v) is 4.31. The van der Waals surface area contributed by atoms with Gasteiger partial charge < -0.3 is 4.74 Å². The largest absolute Gasteiger partial charge is 0.349 e. The molecule has 0 amide bonds. The van der Waals surface area contributed by atoms with E-state index in [4.69, 9.17) is 39.5 Å². The Morgan fingerprint density at radius 1 is 1.56 bits per heavy atom. The predicted molar refractivity (Wildman–Crippen MR) is 42.5 cm³/mol. The number of hydrogen-bond donors (Lipinski definition) is 0. The second-order valence-electron chi connectivity index (χ2n) is 2.04. The molecule has 5 heteroatoms. The van der Waals surface area contributed by atoms with Crippen LogP contribution < -0.4 is 0 Å². The topological polar surface area (TPSA) is 12.5 Å². The van der Waals surface area contributed by atoms with Crippen molar-refractivity contribution >= 4 is 50.7 Å². The third-order valence-corrected chi connectivity index (χ3v) is 3.47. The standard InChI is InChI=1S/C4H4BrCl3O/c1-3(2(5)9-3)4(6,7)8/h2H,1H3. The Morgan fingerprint density at radius 2 is 1.89 bits per heavy atom. The Hall–Kier alpha value is 1.31. The lowest BCUT2D eigenvalue weighted by Gasteiger charge is -2.14. The second kappa shape index (κ2) is 2.15. The van der Waals surface area contributed by atoms with Gasteiger partial charge in [0.15, 0.2) is 0 Å². The molecular weight excluding hydrogens is 250 g/mol. The minimum Gasteiger partial charge on any atom is -0.349 e. The van der Waals surface area contributed by atoms with Crippen LogP contribution in [0.5, 0.6) is 0 Å². The molecule has 1 aliphatic heterocycles. The summed E-state index contributed by atoms with van der Waals surface area (Å²) in [5, 5.41) is -0.127. The smallest absolute Gasteiger partial charge is 0.222 e. The zero-order valence-electron chi connectivity index (χ0n) is 4.50. The van der Waals surface area contributed by atoms with E-state index in [-0.39, 0.29) is 5.01 Å². The monoisotopic (exact) mass is 252 g/mol. The molecule has 1 saturated heterocycles. The zero-order chi connectivity index (χ0) is 7.28. The molecule has 0 N–H and O–H groups in total. The van der Waals surface area contributed by atoms with Crippen LogP contribution in [0.25, 0.3) is 0 Å². The van der Waals surface area contributed by atoms with Gasteiger partial charge >= 0.3 is 0 Å². The van der Waals surface area contributed by atoms with Gasteiger partial charge in [-0.1, -0.05) is 50.7 Å². The van der Waals surface area contributed by atoms with E-state index >= 15 is 0 Å². The van der Waals surface area contributed by atoms with E-state index in [2.05, 4.69) is 15.9 Å². The molecular formula is C4H4BrCl3O. The number of alkyl halides is 4. The van der Waals surface area contributed by atoms with Gasteiger partial charge in [0, 0.05) is 0 Å². The molecule has 54 valence electrons. The van der Waals surface area contributed by atoms with Crippen LogP contribution in [0, 0.1) is 0 Å². The summed E-state index contributed by atoms with van der Waals surface area (Å²) in [6.45, 7) is 1.74. The molecule has 0 aromatic rings. The molecule has 2 atom stereocenters. The number of epoxide rings is 1. The molecule has 0 spiro atoms. The van der Waals surface area contributed by atoms with Gasteiger partial charge in [-0.05, 0) is 6.92 Å². The van der Waals surface area contributed by atoms with Crippen LogP contribution in [0.4, 0.5) is 0 Å². The van der Waals surface area contributed by atoms with Crippen molar-refractivity contribution in [1.29, 1.82) is 0 Å². The molecule has 1 fully saturated rings. The zero-order valence-corrected chi connectivity index (χ0v) is 8.35. The molecule has 1 nitrogen and oxygen atoms in total. The van der Waals surface area contributed by atoms with E-state index < -0.39 is 9.39 Å². The maximum atomic E-state index is 5.54. The van der Waals surface area contributed by atoms with E-state index in [1.54, 1.807) is 6.92 Å². The molecule has 0 aromatic heterocycles. The van der Waals surface area contributed by atoms with E-state index in [1.165, 1.54) is 0 Å². The predicted octanol–water partition coefficient (Wildman–Crippen LogP) is 2.87. The average Bonchev–Trinajstić information content (AvgIpc) is 2.13.